The second-order valence-corrected chi connectivity index (χ2v) is 8.83. The number of halogens is 3. The van der Waals surface area contributed by atoms with Gasteiger partial charge in [-0.3, -0.25) is 14.6 Å². The zero-order valence-electron chi connectivity index (χ0n) is 19.0. The Morgan fingerprint density at radius 1 is 1.00 bits per heavy atom. The molecule has 12 heteroatoms. The molecule has 3 heterocycles. The van der Waals surface area contributed by atoms with Gasteiger partial charge in [-0.05, 0) is 49.7 Å². The predicted octanol–water partition coefficient (Wildman–Crippen LogP) is 5.07. The highest BCUT2D eigenvalue weighted by Crippen LogP contribution is 2.33. The van der Waals surface area contributed by atoms with Gasteiger partial charge in [-0.15, -0.1) is 11.3 Å². The third-order valence-electron chi connectivity index (χ3n) is 5.14. The fraction of sp³-hybridized carbons (Fsp3) is 0.167. The Labute approximate surface area is 207 Å². The Hall–Kier alpha value is -4.19. The SMILES string of the molecule is Cc1ccc(NC(=O)c2cnc(C(C)NC(=O)c3cc(-c4ccncc4)ncn3)s2)cc1C(F)(F)F. The van der Waals surface area contributed by atoms with Crippen LogP contribution in [0.4, 0.5) is 18.9 Å². The third kappa shape index (κ3) is 5.71. The van der Waals surface area contributed by atoms with E-state index in [1.807, 2.05) is 0 Å². The average molecular weight is 513 g/mol. The number of nitrogens with zero attached hydrogens (tertiary/aromatic N) is 4. The quantitative estimate of drug-likeness (QED) is 0.374. The number of aryl methyl sites for hydroxylation is 1. The van der Waals surface area contributed by atoms with Crippen molar-refractivity contribution in [3.63, 3.8) is 0 Å². The predicted molar refractivity (Wildman–Crippen MR) is 127 cm³/mol. The smallest absolute Gasteiger partial charge is 0.342 e. The highest BCUT2D eigenvalue weighted by molar-refractivity contribution is 7.13. The van der Waals surface area contributed by atoms with E-state index in [9.17, 15) is 22.8 Å². The van der Waals surface area contributed by atoms with Crippen LogP contribution in [-0.2, 0) is 6.18 Å². The summed E-state index contributed by atoms with van der Waals surface area (Å²) in [5, 5.41) is 5.68. The van der Waals surface area contributed by atoms with Gasteiger partial charge in [0.05, 0.1) is 23.5 Å². The first-order valence-corrected chi connectivity index (χ1v) is 11.4. The van der Waals surface area contributed by atoms with Gasteiger partial charge in [0.1, 0.15) is 21.9 Å². The molecule has 0 aliphatic rings. The summed E-state index contributed by atoms with van der Waals surface area (Å²) < 4.78 is 39.5. The molecule has 3 aromatic heterocycles. The number of anilines is 1. The lowest BCUT2D eigenvalue weighted by Crippen LogP contribution is -2.27. The number of thiazole rings is 1. The van der Waals surface area contributed by atoms with Crippen LogP contribution in [0.5, 0.6) is 0 Å². The van der Waals surface area contributed by atoms with Gasteiger partial charge in [0.15, 0.2) is 0 Å². The van der Waals surface area contributed by atoms with E-state index in [-0.39, 0.29) is 21.8 Å². The lowest BCUT2D eigenvalue weighted by molar-refractivity contribution is -0.138. The van der Waals surface area contributed by atoms with E-state index in [0.29, 0.717) is 10.7 Å². The summed E-state index contributed by atoms with van der Waals surface area (Å²) in [6.07, 6.45) is 1.30. The van der Waals surface area contributed by atoms with Crippen LogP contribution < -0.4 is 10.6 Å². The number of alkyl halides is 3. The van der Waals surface area contributed by atoms with Crippen LogP contribution in [0.15, 0.2) is 61.3 Å². The fourth-order valence-electron chi connectivity index (χ4n) is 3.28. The van der Waals surface area contributed by atoms with Crippen molar-refractivity contribution in [2.24, 2.45) is 0 Å². The third-order valence-corrected chi connectivity index (χ3v) is 6.32. The van der Waals surface area contributed by atoms with Gasteiger partial charge in [-0.25, -0.2) is 15.0 Å². The monoisotopic (exact) mass is 512 g/mol. The van der Waals surface area contributed by atoms with Gasteiger partial charge in [0.2, 0.25) is 0 Å². The molecule has 0 spiro atoms. The lowest BCUT2D eigenvalue weighted by atomic mass is 10.1. The first kappa shape index (κ1) is 24.9. The standard InChI is InChI=1S/C24H19F3N6O2S/c1-13-3-4-16(9-17(13)24(25,26)27)33-22(35)20-11-29-23(36-20)14(2)32-21(34)19-10-18(30-12-31-19)15-5-7-28-8-6-15/h3-12,14H,1-2H3,(H,32,34)(H,33,35). The number of amides is 2. The van der Waals surface area contributed by atoms with Crippen molar-refractivity contribution in [3.05, 3.63) is 88.0 Å². The number of hydrogen-bond donors (Lipinski definition) is 2. The number of aromatic nitrogens is 4. The summed E-state index contributed by atoms with van der Waals surface area (Å²) in [4.78, 5) is 41.8. The minimum atomic E-state index is -4.53. The summed E-state index contributed by atoms with van der Waals surface area (Å²) >= 11 is 1.02. The molecule has 2 amide bonds. The minimum absolute atomic E-state index is 0.0167. The molecule has 4 rings (SSSR count). The number of carbonyl (C=O) groups excluding carboxylic acids is 2. The Morgan fingerprint density at radius 3 is 2.47 bits per heavy atom. The van der Waals surface area contributed by atoms with Gasteiger partial charge < -0.3 is 10.6 Å². The van der Waals surface area contributed by atoms with E-state index in [2.05, 4.69) is 30.6 Å². The summed E-state index contributed by atoms with van der Waals surface area (Å²) in [6.45, 7) is 3.04. The topological polar surface area (TPSA) is 110 Å². The summed E-state index contributed by atoms with van der Waals surface area (Å²) in [5.41, 5.74) is 0.741. The van der Waals surface area contributed by atoms with Gasteiger partial charge >= 0.3 is 6.18 Å². The zero-order chi connectivity index (χ0) is 25.9. The highest BCUT2D eigenvalue weighted by atomic mass is 32.1. The van der Waals surface area contributed by atoms with Crippen molar-refractivity contribution in [2.45, 2.75) is 26.1 Å². The van der Waals surface area contributed by atoms with Crippen LogP contribution in [0.25, 0.3) is 11.3 Å². The maximum atomic E-state index is 13.2. The van der Waals surface area contributed by atoms with Gasteiger partial charge in [-0.1, -0.05) is 6.07 Å². The normalized spacial score (nSPS) is 12.1. The molecule has 0 saturated carbocycles. The molecule has 1 atom stereocenters. The molecule has 1 aromatic carbocycles. The van der Waals surface area contributed by atoms with Crippen molar-refractivity contribution in [3.8, 4) is 11.3 Å². The number of nitrogens with one attached hydrogen (secondary N) is 2. The Kier molecular flexibility index (Phi) is 7.06. The molecule has 0 aliphatic heterocycles. The highest BCUT2D eigenvalue weighted by Gasteiger charge is 2.32. The molecule has 0 radical (unpaired) electrons. The fourth-order valence-corrected chi connectivity index (χ4v) is 4.10. The van der Waals surface area contributed by atoms with Crippen LogP contribution >= 0.6 is 11.3 Å². The molecule has 8 nitrogen and oxygen atoms in total. The molecular weight excluding hydrogens is 493 g/mol. The van der Waals surface area contributed by atoms with Crippen LogP contribution in [0.3, 0.4) is 0 Å². The largest absolute Gasteiger partial charge is 0.416 e. The van der Waals surface area contributed by atoms with Crippen LogP contribution in [0.2, 0.25) is 0 Å². The van der Waals surface area contributed by atoms with Crippen LogP contribution in [0.1, 0.15) is 49.3 Å². The Bertz CT molecular complexity index is 1410. The minimum Gasteiger partial charge on any atom is -0.342 e. The molecule has 0 aliphatic carbocycles. The molecule has 36 heavy (non-hydrogen) atoms. The van der Waals surface area contributed by atoms with Crippen LogP contribution in [0, 0.1) is 6.92 Å². The summed E-state index contributed by atoms with van der Waals surface area (Å²) in [7, 11) is 0. The maximum absolute atomic E-state index is 13.2. The average Bonchev–Trinajstić information content (AvgIpc) is 3.36. The molecule has 1 unspecified atom stereocenters. The molecule has 0 saturated heterocycles. The van der Waals surface area contributed by atoms with E-state index in [4.69, 9.17) is 0 Å². The lowest BCUT2D eigenvalue weighted by Gasteiger charge is -2.12. The number of carbonyl (C=O) groups is 2. The maximum Gasteiger partial charge on any atom is 0.416 e. The van der Waals surface area contributed by atoms with Crippen molar-refractivity contribution in [1.29, 1.82) is 0 Å². The second kappa shape index (κ2) is 10.2. The van der Waals surface area contributed by atoms with E-state index in [0.717, 1.165) is 23.0 Å². The summed E-state index contributed by atoms with van der Waals surface area (Å²) in [5.74, 6) is -1.06. The van der Waals surface area contributed by atoms with E-state index in [1.54, 1.807) is 37.5 Å². The number of benzene rings is 1. The first-order chi connectivity index (χ1) is 17.1. The van der Waals surface area contributed by atoms with Crippen LogP contribution in [-0.4, -0.2) is 31.8 Å². The molecule has 184 valence electrons. The van der Waals surface area contributed by atoms with Gasteiger partial charge in [0, 0.05) is 23.6 Å². The molecular formula is C24H19F3N6O2S. The summed E-state index contributed by atoms with van der Waals surface area (Å²) in [6, 6.07) is 8.09. The second-order valence-electron chi connectivity index (χ2n) is 7.76. The molecule has 4 aromatic rings. The molecule has 0 bridgehead atoms. The Balaban J connectivity index is 1.43. The van der Waals surface area contributed by atoms with Gasteiger partial charge in [0.25, 0.3) is 11.8 Å². The van der Waals surface area contributed by atoms with Crippen molar-refractivity contribution in [2.75, 3.05) is 5.32 Å². The Morgan fingerprint density at radius 2 is 1.75 bits per heavy atom. The van der Waals surface area contributed by atoms with E-state index < -0.39 is 29.6 Å². The van der Waals surface area contributed by atoms with Crippen molar-refractivity contribution >= 4 is 28.8 Å². The van der Waals surface area contributed by atoms with E-state index in [1.165, 1.54) is 31.6 Å². The van der Waals surface area contributed by atoms with Gasteiger partial charge in [-0.2, -0.15) is 13.2 Å². The van der Waals surface area contributed by atoms with E-state index >= 15 is 0 Å². The zero-order valence-corrected chi connectivity index (χ0v) is 19.8. The van der Waals surface area contributed by atoms with Crippen molar-refractivity contribution < 1.29 is 22.8 Å². The number of rotatable bonds is 6. The first-order valence-electron chi connectivity index (χ1n) is 10.6. The molecule has 2 N–H and O–H groups in total. The van der Waals surface area contributed by atoms with Crippen molar-refractivity contribution in [1.82, 2.24) is 25.3 Å². The molecule has 0 fully saturated rings. The number of hydrogen-bond acceptors (Lipinski definition) is 7. The number of pyridine rings is 1.